The van der Waals surface area contributed by atoms with Crippen LogP contribution in [0.25, 0.3) is 0 Å². The van der Waals surface area contributed by atoms with Gasteiger partial charge in [-0.1, -0.05) is 19.1 Å². The predicted octanol–water partition coefficient (Wildman–Crippen LogP) is 2.79. The molecule has 0 aliphatic heterocycles. The van der Waals surface area contributed by atoms with Crippen LogP contribution in [0.1, 0.15) is 40.7 Å². The first-order valence-electron chi connectivity index (χ1n) is 7.58. The van der Waals surface area contributed by atoms with Gasteiger partial charge < -0.3 is 10.4 Å². The molecule has 0 aliphatic carbocycles. The molecule has 2 aromatic rings. The lowest BCUT2D eigenvalue weighted by molar-refractivity contribution is -0.136. The van der Waals surface area contributed by atoms with Crippen LogP contribution < -0.4 is 5.32 Å². The van der Waals surface area contributed by atoms with Gasteiger partial charge in [0.1, 0.15) is 0 Å². The van der Waals surface area contributed by atoms with Crippen molar-refractivity contribution < 1.29 is 14.7 Å². The maximum absolute atomic E-state index is 12.5. The number of nitrogens with zero attached hydrogens (tertiary/aromatic N) is 2. The van der Waals surface area contributed by atoms with Crippen molar-refractivity contribution in [2.75, 3.05) is 5.32 Å². The van der Waals surface area contributed by atoms with E-state index in [4.69, 9.17) is 5.11 Å². The minimum atomic E-state index is -0.902. The SMILES string of the molecule is CCCn1nc(C)c(C(=O)Nc2cccc(CC(=O)O)c2)c1C. The molecule has 1 heterocycles. The zero-order valence-corrected chi connectivity index (χ0v) is 13.6. The van der Waals surface area contributed by atoms with Gasteiger partial charge in [-0.25, -0.2) is 0 Å². The fourth-order valence-corrected chi connectivity index (χ4v) is 2.58. The Morgan fingerprint density at radius 3 is 2.70 bits per heavy atom. The highest BCUT2D eigenvalue weighted by atomic mass is 16.4. The van der Waals surface area contributed by atoms with E-state index in [1.54, 1.807) is 24.3 Å². The molecule has 0 fully saturated rings. The van der Waals surface area contributed by atoms with E-state index in [0.717, 1.165) is 18.7 Å². The first-order chi connectivity index (χ1) is 10.9. The maximum Gasteiger partial charge on any atom is 0.307 e. The quantitative estimate of drug-likeness (QED) is 0.858. The smallest absolute Gasteiger partial charge is 0.307 e. The molecule has 0 atom stereocenters. The second-order valence-corrected chi connectivity index (χ2v) is 5.49. The largest absolute Gasteiger partial charge is 0.481 e. The van der Waals surface area contributed by atoms with Gasteiger partial charge in [-0.3, -0.25) is 14.3 Å². The Kier molecular flexibility index (Phi) is 5.16. The minimum absolute atomic E-state index is 0.0732. The third kappa shape index (κ3) is 3.97. The Balaban J connectivity index is 2.21. The van der Waals surface area contributed by atoms with Crippen LogP contribution in [0.5, 0.6) is 0 Å². The first kappa shape index (κ1) is 16.7. The van der Waals surface area contributed by atoms with Crippen molar-refractivity contribution in [1.29, 1.82) is 0 Å². The minimum Gasteiger partial charge on any atom is -0.481 e. The van der Waals surface area contributed by atoms with E-state index in [-0.39, 0.29) is 12.3 Å². The number of benzene rings is 1. The van der Waals surface area contributed by atoms with Gasteiger partial charge in [0.2, 0.25) is 0 Å². The zero-order valence-electron chi connectivity index (χ0n) is 13.6. The standard InChI is InChI=1S/C17H21N3O3/c1-4-8-20-12(3)16(11(2)19-20)17(23)18-14-7-5-6-13(9-14)10-15(21)22/h5-7,9H,4,8,10H2,1-3H3,(H,18,23)(H,21,22). The van der Waals surface area contributed by atoms with Gasteiger partial charge in [0.25, 0.3) is 5.91 Å². The van der Waals surface area contributed by atoms with Crippen molar-refractivity contribution in [1.82, 2.24) is 9.78 Å². The van der Waals surface area contributed by atoms with E-state index in [0.29, 0.717) is 22.5 Å². The number of hydrogen-bond acceptors (Lipinski definition) is 3. The lowest BCUT2D eigenvalue weighted by Gasteiger charge is -2.07. The number of carboxylic acid groups (broad SMARTS) is 1. The highest BCUT2D eigenvalue weighted by molar-refractivity contribution is 6.05. The lowest BCUT2D eigenvalue weighted by atomic mass is 10.1. The molecular formula is C17H21N3O3. The number of nitrogens with one attached hydrogen (secondary N) is 1. The molecule has 23 heavy (non-hydrogen) atoms. The summed E-state index contributed by atoms with van der Waals surface area (Å²) in [6, 6.07) is 6.87. The molecule has 0 unspecified atom stereocenters. The van der Waals surface area contributed by atoms with Crippen molar-refractivity contribution in [2.45, 2.75) is 40.2 Å². The summed E-state index contributed by atoms with van der Waals surface area (Å²) in [5, 5.41) is 16.1. The predicted molar refractivity (Wildman–Crippen MR) is 87.7 cm³/mol. The van der Waals surface area contributed by atoms with Crippen molar-refractivity contribution in [3.8, 4) is 0 Å². The van der Waals surface area contributed by atoms with Crippen LogP contribution in [0.2, 0.25) is 0 Å². The van der Waals surface area contributed by atoms with E-state index in [2.05, 4.69) is 17.3 Å². The Morgan fingerprint density at radius 1 is 1.30 bits per heavy atom. The monoisotopic (exact) mass is 315 g/mol. The summed E-state index contributed by atoms with van der Waals surface area (Å²) in [7, 11) is 0. The number of carboxylic acids is 1. The van der Waals surface area contributed by atoms with Gasteiger partial charge in [0.05, 0.1) is 17.7 Å². The molecule has 6 heteroatoms. The molecule has 0 saturated heterocycles. The molecular weight excluding hydrogens is 294 g/mol. The molecule has 1 amide bonds. The Morgan fingerprint density at radius 2 is 2.04 bits per heavy atom. The normalized spacial score (nSPS) is 10.6. The number of rotatable bonds is 6. The number of aliphatic carboxylic acids is 1. The molecule has 0 bridgehead atoms. The van der Waals surface area contributed by atoms with Crippen molar-refractivity contribution in [2.24, 2.45) is 0 Å². The molecule has 122 valence electrons. The molecule has 1 aromatic carbocycles. The van der Waals surface area contributed by atoms with Crippen molar-refractivity contribution in [3.63, 3.8) is 0 Å². The molecule has 0 aliphatic rings. The summed E-state index contributed by atoms with van der Waals surface area (Å²) in [4.78, 5) is 23.3. The molecule has 2 N–H and O–H groups in total. The number of aromatic nitrogens is 2. The summed E-state index contributed by atoms with van der Waals surface area (Å²) in [5.74, 6) is -1.13. The second kappa shape index (κ2) is 7.09. The van der Waals surface area contributed by atoms with Crippen LogP contribution in [-0.2, 0) is 17.8 Å². The van der Waals surface area contributed by atoms with Gasteiger partial charge in [0.15, 0.2) is 0 Å². The number of amides is 1. The van der Waals surface area contributed by atoms with Gasteiger partial charge >= 0.3 is 5.97 Å². The average Bonchev–Trinajstić information content (AvgIpc) is 2.73. The van der Waals surface area contributed by atoms with Gasteiger partial charge in [-0.2, -0.15) is 5.10 Å². The van der Waals surface area contributed by atoms with Crippen molar-refractivity contribution >= 4 is 17.6 Å². The molecule has 0 radical (unpaired) electrons. The molecule has 2 rings (SSSR count). The number of hydrogen-bond donors (Lipinski definition) is 2. The second-order valence-electron chi connectivity index (χ2n) is 5.49. The molecule has 6 nitrogen and oxygen atoms in total. The van der Waals surface area contributed by atoms with Crippen LogP contribution in [0.15, 0.2) is 24.3 Å². The zero-order chi connectivity index (χ0) is 17.0. The summed E-state index contributed by atoms with van der Waals surface area (Å²) in [6.45, 7) is 6.53. The molecule has 1 aromatic heterocycles. The van der Waals surface area contributed by atoms with Crippen molar-refractivity contribution in [3.05, 3.63) is 46.8 Å². The topological polar surface area (TPSA) is 84.2 Å². The summed E-state index contributed by atoms with van der Waals surface area (Å²) in [5.41, 5.74) is 3.32. The fourth-order valence-electron chi connectivity index (χ4n) is 2.58. The van der Waals surface area contributed by atoms with Crippen LogP contribution in [0.4, 0.5) is 5.69 Å². The third-order valence-electron chi connectivity index (χ3n) is 3.58. The highest BCUT2D eigenvalue weighted by Crippen LogP contribution is 2.17. The number of carbonyl (C=O) groups is 2. The Bertz CT molecular complexity index is 735. The van der Waals surface area contributed by atoms with Gasteiger partial charge in [0, 0.05) is 17.9 Å². The number of carbonyl (C=O) groups excluding carboxylic acids is 1. The summed E-state index contributed by atoms with van der Waals surface area (Å²) in [6.07, 6.45) is 0.871. The first-order valence-corrected chi connectivity index (χ1v) is 7.58. The maximum atomic E-state index is 12.5. The molecule has 0 saturated carbocycles. The van der Waals surface area contributed by atoms with E-state index in [1.165, 1.54) is 0 Å². The lowest BCUT2D eigenvalue weighted by Crippen LogP contribution is -2.14. The Hall–Kier alpha value is -2.63. The third-order valence-corrected chi connectivity index (χ3v) is 3.58. The highest BCUT2D eigenvalue weighted by Gasteiger charge is 2.18. The van der Waals surface area contributed by atoms with Crippen LogP contribution in [-0.4, -0.2) is 26.8 Å². The van der Waals surface area contributed by atoms with E-state index in [1.807, 2.05) is 18.5 Å². The van der Waals surface area contributed by atoms with Crippen LogP contribution in [0, 0.1) is 13.8 Å². The average molecular weight is 315 g/mol. The van der Waals surface area contributed by atoms with E-state index >= 15 is 0 Å². The summed E-state index contributed by atoms with van der Waals surface area (Å²) < 4.78 is 1.84. The number of anilines is 1. The van der Waals surface area contributed by atoms with Gasteiger partial charge in [-0.15, -0.1) is 0 Å². The van der Waals surface area contributed by atoms with E-state index in [9.17, 15) is 9.59 Å². The number of aryl methyl sites for hydroxylation is 2. The summed E-state index contributed by atoms with van der Waals surface area (Å²) >= 11 is 0. The van der Waals surface area contributed by atoms with E-state index < -0.39 is 5.97 Å². The van der Waals surface area contributed by atoms with Crippen LogP contribution >= 0.6 is 0 Å². The Labute approximate surface area is 135 Å². The van der Waals surface area contributed by atoms with Gasteiger partial charge in [-0.05, 0) is 38.0 Å². The fraction of sp³-hybridized carbons (Fsp3) is 0.353. The molecule has 0 spiro atoms. The van der Waals surface area contributed by atoms with Crippen LogP contribution in [0.3, 0.4) is 0 Å².